The van der Waals surface area contributed by atoms with Gasteiger partial charge in [-0.15, -0.1) is 11.3 Å². The van der Waals surface area contributed by atoms with E-state index >= 15 is 0 Å². The normalized spacial score (nSPS) is 14.2. The standard InChI is InChI=1S/C13H15N5OS/c1-7-10(4-5-20-7)18-11(8-2-3-8)9(6-16-18)12(19)17-13(14)15/h4-6,8H,2-3H2,1H3,(H4,14,15,17,19). The number of thiophene rings is 1. The third kappa shape index (κ3) is 2.20. The van der Waals surface area contributed by atoms with Crippen LogP contribution in [0.4, 0.5) is 0 Å². The number of nitrogens with zero attached hydrogens (tertiary/aromatic N) is 3. The zero-order chi connectivity index (χ0) is 14.3. The van der Waals surface area contributed by atoms with Crippen molar-refractivity contribution in [2.45, 2.75) is 25.7 Å². The molecular weight excluding hydrogens is 274 g/mol. The van der Waals surface area contributed by atoms with Crippen LogP contribution in [-0.4, -0.2) is 21.6 Å². The molecule has 2 aromatic heterocycles. The molecule has 1 saturated carbocycles. The second kappa shape index (κ2) is 4.75. The number of hydrogen-bond acceptors (Lipinski definition) is 3. The molecule has 2 heterocycles. The fourth-order valence-electron chi connectivity index (χ4n) is 2.24. The van der Waals surface area contributed by atoms with Gasteiger partial charge in [0.1, 0.15) is 0 Å². The van der Waals surface area contributed by atoms with Gasteiger partial charge in [0.05, 0.1) is 23.1 Å². The third-order valence-corrected chi connectivity index (χ3v) is 4.13. The molecule has 20 heavy (non-hydrogen) atoms. The molecule has 104 valence electrons. The van der Waals surface area contributed by atoms with E-state index in [0.29, 0.717) is 11.5 Å². The second-order valence-electron chi connectivity index (χ2n) is 4.83. The van der Waals surface area contributed by atoms with Gasteiger partial charge >= 0.3 is 0 Å². The fourth-order valence-corrected chi connectivity index (χ4v) is 2.92. The summed E-state index contributed by atoms with van der Waals surface area (Å²) in [7, 11) is 0. The first kappa shape index (κ1) is 12.9. The van der Waals surface area contributed by atoms with E-state index in [2.05, 4.69) is 10.1 Å². The van der Waals surface area contributed by atoms with Crippen molar-refractivity contribution in [2.75, 3.05) is 0 Å². The Labute approximate surface area is 120 Å². The van der Waals surface area contributed by atoms with Gasteiger partial charge in [0.15, 0.2) is 5.96 Å². The van der Waals surface area contributed by atoms with E-state index in [1.807, 2.05) is 23.1 Å². The lowest BCUT2D eigenvalue weighted by molar-refractivity contribution is 0.100. The van der Waals surface area contributed by atoms with Crippen molar-refractivity contribution >= 4 is 23.2 Å². The van der Waals surface area contributed by atoms with Gasteiger partial charge in [-0.2, -0.15) is 10.1 Å². The first-order valence-corrected chi connectivity index (χ1v) is 7.22. The van der Waals surface area contributed by atoms with Gasteiger partial charge in [0, 0.05) is 10.8 Å². The summed E-state index contributed by atoms with van der Waals surface area (Å²) < 4.78 is 1.85. The fraction of sp³-hybridized carbons (Fsp3) is 0.308. The lowest BCUT2D eigenvalue weighted by atomic mass is 10.1. The molecule has 0 aromatic carbocycles. The van der Waals surface area contributed by atoms with Gasteiger partial charge in [-0.05, 0) is 31.2 Å². The number of hydrogen-bond donors (Lipinski definition) is 2. The number of carbonyl (C=O) groups excluding carboxylic acids is 1. The average molecular weight is 289 g/mol. The number of nitrogens with two attached hydrogens (primary N) is 2. The molecular formula is C13H15N5OS. The van der Waals surface area contributed by atoms with Crippen LogP contribution in [0.2, 0.25) is 0 Å². The zero-order valence-electron chi connectivity index (χ0n) is 11.0. The van der Waals surface area contributed by atoms with Crippen molar-refractivity contribution in [2.24, 2.45) is 16.5 Å². The molecule has 1 aliphatic rings. The van der Waals surface area contributed by atoms with Crippen LogP contribution in [0.15, 0.2) is 22.6 Å². The van der Waals surface area contributed by atoms with Crippen LogP contribution in [0, 0.1) is 6.92 Å². The minimum Gasteiger partial charge on any atom is -0.370 e. The van der Waals surface area contributed by atoms with Gasteiger partial charge in [0.2, 0.25) is 0 Å². The predicted molar refractivity (Wildman–Crippen MR) is 78.3 cm³/mol. The molecule has 1 amide bonds. The van der Waals surface area contributed by atoms with Crippen LogP contribution in [-0.2, 0) is 0 Å². The highest BCUT2D eigenvalue weighted by Gasteiger charge is 2.33. The SMILES string of the molecule is Cc1sccc1-n1ncc(C(=O)N=C(N)N)c1C1CC1. The van der Waals surface area contributed by atoms with Gasteiger partial charge in [0.25, 0.3) is 5.91 Å². The van der Waals surface area contributed by atoms with E-state index in [1.165, 1.54) is 0 Å². The first-order valence-electron chi connectivity index (χ1n) is 6.34. The van der Waals surface area contributed by atoms with Gasteiger partial charge < -0.3 is 11.5 Å². The topological polar surface area (TPSA) is 99.3 Å². The molecule has 0 saturated heterocycles. The summed E-state index contributed by atoms with van der Waals surface area (Å²) in [5, 5.41) is 6.38. The van der Waals surface area contributed by atoms with Gasteiger partial charge in [-0.1, -0.05) is 0 Å². The molecule has 1 fully saturated rings. The highest BCUT2D eigenvalue weighted by molar-refractivity contribution is 7.10. The summed E-state index contributed by atoms with van der Waals surface area (Å²) in [5.74, 6) is -0.285. The maximum Gasteiger partial charge on any atom is 0.283 e. The molecule has 0 radical (unpaired) electrons. The van der Waals surface area contributed by atoms with Crippen LogP contribution in [0.5, 0.6) is 0 Å². The summed E-state index contributed by atoms with van der Waals surface area (Å²) in [6.45, 7) is 2.04. The van der Waals surface area contributed by atoms with Crippen LogP contribution in [0.1, 0.15) is 39.7 Å². The Bertz CT molecular complexity index is 691. The Morgan fingerprint density at radius 1 is 1.50 bits per heavy atom. The number of aliphatic imine (C=N–C) groups is 1. The van der Waals surface area contributed by atoms with E-state index in [-0.39, 0.29) is 5.96 Å². The van der Waals surface area contributed by atoms with Crippen LogP contribution in [0.3, 0.4) is 0 Å². The number of amides is 1. The Morgan fingerprint density at radius 3 is 2.80 bits per heavy atom. The monoisotopic (exact) mass is 289 g/mol. The summed E-state index contributed by atoms with van der Waals surface area (Å²) >= 11 is 1.66. The van der Waals surface area contributed by atoms with E-state index in [1.54, 1.807) is 17.5 Å². The quantitative estimate of drug-likeness (QED) is 0.661. The Morgan fingerprint density at radius 2 is 2.25 bits per heavy atom. The largest absolute Gasteiger partial charge is 0.370 e. The summed E-state index contributed by atoms with van der Waals surface area (Å²) in [6.07, 6.45) is 3.69. The summed E-state index contributed by atoms with van der Waals surface area (Å²) in [4.78, 5) is 16.9. The van der Waals surface area contributed by atoms with Crippen molar-refractivity contribution < 1.29 is 4.79 Å². The molecule has 0 atom stereocenters. The molecule has 7 heteroatoms. The van der Waals surface area contributed by atoms with E-state index < -0.39 is 5.91 Å². The zero-order valence-corrected chi connectivity index (χ0v) is 11.9. The molecule has 6 nitrogen and oxygen atoms in total. The second-order valence-corrected chi connectivity index (χ2v) is 5.95. The number of guanidine groups is 1. The Hall–Kier alpha value is -2.15. The highest BCUT2D eigenvalue weighted by Crippen LogP contribution is 2.43. The van der Waals surface area contributed by atoms with Crippen LogP contribution < -0.4 is 11.5 Å². The Balaban J connectivity index is 2.10. The van der Waals surface area contributed by atoms with Crippen molar-refractivity contribution in [3.63, 3.8) is 0 Å². The van der Waals surface area contributed by atoms with Crippen molar-refractivity contribution in [3.8, 4) is 5.69 Å². The van der Waals surface area contributed by atoms with Crippen LogP contribution in [0.25, 0.3) is 5.69 Å². The van der Waals surface area contributed by atoms with Crippen molar-refractivity contribution in [1.82, 2.24) is 9.78 Å². The van der Waals surface area contributed by atoms with Gasteiger partial charge in [-0.3, -0.25) is 4.79 Å². The maximum atomic E-state index is 12.1. The number of rotatable bonds is 3. The molecule has 2 aromatic rings. The van der Waals surface area contributed by atoms with Crippen molar-refractivity contribution in [1.29, 1.82) is 0 Å². The van der Waals surface area contributed by atoms with Crippen LogP contribution >= 0.6 is 11.3 Å². The Kier molecular flexibility index (Phi) is 3.06. The lowest BCUT2D eigenvalue weighted by Crippen LogP contribution is -2.24. The highest BCUT2D eigenvalue weighted by atomic mass is 32.1. The van der Waals surface area contributed by atoms with Crippen molar-refractivity contribution in [3.05, 3.63) is 33.8 Å². The summed E-state index contributed by atoms with van der Waals surface area (Å²) in [6, 6.07) is 2.01. The molecule has 0 unspecified atom stereocenters. The molecule has 3 rings (SSSR count). The number of aryl methyl sites for hydroxylation is 1. The number of aromatic nitrogens is 2. The minimum atomic E-state index is -0.425. The van der Waals surface area contributed by atoms with Gasteiger partial charge in [-0.25, -0.2) is 4.68 Å². The lowest BCUT2D eigenvalue weighted by Gasteiger charge is -2.07. The maximum absolute atomic E-state index is 12.1. The van der Waals surface area contributed by atoms with E-state index in [0.717, 1.165) is 29.1 Å². The average Bonchev–Trinajstić information content (AvgIpc) is 2.97. The van der Waals surface area contributed by atoms with E-state index in [4.69, 9.17) is 11.5 Å². The number of carbonyl (C=O) groups is 1. The summed E-state index contributed by atoms with van der Waals surface area (Å²) in [5.41, 5.74) is 13.0. The molecule has 0 bridgehead atoms. The molecule has 4 N–H and O–H groups in total. The predicted octanol–water partition coefficient (Wildman–Crippen LogP) is 1.53. The molecule has 0 aliphatic heterocycles. The third-order valence-electron chi connectivity index (χ3n) is 3.29. The molecule has 0 spiro atoms. The minimum absolute atomic E-state index is 0.226. The van der Waals surface area contributed by atoms with E-state index in [9.17, 15) is 4.79 Å². The molecule has 1 aliphatic carbocycles. The first-order chi connectivity index (χ1) is 9.58. The smallest absolute Gasteiger partial charge is 0.283 e.